The van der Waals surface area contributed by atoms with Gasteiger partial charge in [-0.15, -0.1) is 4.99 Å². The summed E-state index contributed by atoms with van der Waals surface area (Å²) in [5, 5.41) is 5.72. The van der Waals surface area contributed by atoms with Crippen molar-refractivity contribution in [3.8, 4) is 5.69 Å². The van der Waals surface area contributed by atoms with Crippen LogP contribution in [-0.4, -0.2) is 68.6 Å². The van der Waals surface area contributed by atoms with E-state index in [4.69, 9.17) is 27.8 Å². The lowest BCUT2D eigenvalue weighted by Gasteiger charge is -2.35. The molecule has 2 atom stereocenters. The Balaban J connectivity index is 1.57. The fraction of sp³-hybridized carbons (Fsp3) is 0.406. The lowest BCUT2D eigenvalue weighted by atomic mass is 9.75. The van der Waals surface area contributed by atoms with Crippen LogP contribution in [0.15, 0.2) is 58.8 Å². The maximum absolute atomic E-state index is 14.8. The van der Waals surface area contributed by atoms with Crippen molar-refractivity contribution in [2.24, 2.45) is 26.9 Å². The third-order valence-electron chi connectivity index (χ3n) is 8.31. The van der Waals surface area contributed by atoms with Gasteiger partial charge in [-0.2, -0.15) is 18.3 Å². The maximum Gasteiger partial charge on any atom is 0.411 e. The van der Waals surface area contributed by atoms with E-state index in [1.807, 2.05) is 26.1 Å². The number of aromatic nitrogens is 3. The summed E-state index contributed by atoms with van der Waals surface area (Å²) in [6.45, 7) is 4.97. The van der Waals surface area contributed by atoms with Crippen molar-refractivity contribution in [2.45, 2.75) is 69.8 Å². The topological polar surface area (TPSA) is 180 Å². The molecule has 13 nitrogen and oxygen atoms in total. The zero-order valence-electron chi connectivity index (χ0n) is 27.6. The number of hydrogen-bond donors (Lipinski definition) is 4. The van der Waals surface area contributed by atoms with E-state index in [1.54, 1.807) is 24.3 Å². The van der Waals surface area contributed by atoms with Gasteiger partial charge in [0, 0.05) is 0 Å². The van der Waals surface area contributed by atoms with Gasteiger partial charge >= 0.3 is 12.3 Å². The number of amides is 2. The summed E-state index contributed by atoms with van der Waals surface area (Å²) in [6, 6.07) is 9.38. The van der Waals surface area contributed by atoms with Crippen molar-refractivity contribution in [1.82, 2.24) is 25.0 Å². The Bertz CT molecular complexity index is 1870. The number of alkyl carbamates (subject to hydrolysis) is 1. The molecule has 0 spiro atoms. The van der Waals surface area contributed by atoms with Gasteiger partial charge in [0.25, 0.3) is 12.3 Å². The molecule has 0 radical (unpaired) electrons. The molecule has 5 rings (SSSR count). The number of aliphatic imine (C=N–C) groups is 2. The molecular weight excluding hydrogens is 703 g/mol. The number of nitrogens with two attached hydrogens (primary N) is 2. The van der Waals surface area contributed by atoms with Crippen molar-refractivity contribution in [3.63, 3.8) is 0 Å². The van der Waals surface area contributed by atoms with Gasteiger partial charge in [-0.05, 0) is 60.1 Å². The number of alkyl halides is 5. The maximum atomic E-state index is 14.8. The molecule has 0 unspecified atom stereocenters. The highest BCUT2D eigenvalue weighted by Crippen LogP contribution is 2.49. The van der Waals surface area contributed by atoms with Gasteiger partial charge in [0.1, 0.15) is 24.2 Å². The zero-order valence-corrected chi connectivity index (χ0v) is 28.3. The quantitative estimate of drug-likeness (QED) is 0.131. The minimum atomic E-state index is -4.72. The molecule has 1 fully saturated rings. The second kappa shape index (κ2) is 13.9. The molecule has 2 aliphatic rings. The number of nitrogens with one attached hydrogen (secondary N) is 2. The summed E-state index contributed by atoms with van der Waals surface area (Å²) < 4.78 is 74.5. The number of rotatable bonds is 11. The second-order valence-corrected chi connectivity index (χ2v) is 13.6. The van der Waals surface area contributed by atoms with Crippen LogP contribution >= 0.6 is 11.6 Å². The lowest BCUT2D eigenvalue weighted by molar-refractivity contribution is -0.298. The van der Waals surface area contributed by atoms with Crippen LogP contribution in [0.1, 0.15) is 69.5 Å². The standard InChI is InChI=1S/C32H34ClF5N10O3/c1-29(2,3)14-31(19-5-7-20(8-6-19)42-16-41-15-39)26(49)47(27(40)45-31)23(13-51-28(50)46-30(10-11-30)32(36,37)38)18-4-9-21(33)22(12-18)48-25(24(34)35)43-17-44-48/h4-9,12,15-17,23-24H,10-11,13-14H2,1-3H3,(H2,40,45)(H,46,50)(H2,39,41,42)/p+1/t23-,31-/m1/s1. The van der Waals surface area contributed by atoms with Gasteiger partial charge in [0.05, 0.1) is 16.8 Å². The highest BCUT2D eigenvalue weighted by atomic mass is 35.5. The molecule has 2 aromatic carbocycles. The molecule has 19 heteroatoms. The second-order valence-electron chi connectivity index (χ2n) is 13.2. The minimum absolute atomic E-state index is 0.0248. The smallest absolute Gasteiger partial charge is 0.411 e. The number of halogens is 6. The zero-order chi connectivity index (χ0) is 37.4. The number of ether oxygens (including phenoxy) is 1. The summed E-state index contributed by atoms with van der Waals surface area (Å²) >= 11 is 6.40. The normalized spacial score (nSPS) is 19.6. The van der Waals surface area contributed by atoms with Gasteiger partial charge in [0.15, 0.2) is 23.7 Å². The van der Waals surface area contributed by atoms with Crippen LogP contribution in [0, 0.1) is 5.41 Å². The Morgan fingerprint density at radius 2 is 1.86 bits per heavy atom. The number of hydrogen-bond acceptors (Lipinski definition) is 8. The van der Waals surface area contributed by atoms with E-state index < -0.39 is 59.6 Å². The molecule has 2 heterocycles. The third-order valence-corrected chi connectivity index (χ3v) is 8.63. The molecule has 0 bridgehead atoms. The molecule has 1 aliphatic carbocycles. The first-order valence-corrected chi connectivity index (χ1v) is 15.9. The Morgan fingerprint density at radius 1 is 1.18 bits per heavy atom. The van der Waals surface area contributed by atoms with E-state index in [1.165, 1.54) is 30.9 Å². The van der Waals surface area contributed by atoms with E-state index in [0.29, 0.717) is 11.3 Å². The summed E-state index contributed by atoms with van der Waals surface area (Å²) in [5.74, 6) is -1.66. The fourth-order valence-corrected chi connectivity index (χ4v) is 6.04. The van der Waals surface area contributed by atoms with E-state index in [-0.39, 0.29) is 41.5 Å². The molecular formula is C32H35ClF5N10O3+. The molecule has 2 amide bonds. The lowest BCUT2D eigenvalue weighted by Crippen LogP contribution is -2.68. The minimum Gasteiger partial charge on any atom is -0.447 e. The number of guanidine groups is 1. The molecule has 6 N–H and O–H groups in total. The van der Waals surface area contributed by atoms with Crippen LogP contribution in [0.3, 0.4) is 0 Å². The number of benzene rings is 2. The van der Waals surface area contributed by atoms with E-state index >= 15 is 0 Å². The van der Waals surface area contributed by atoms with E-state index in [2.05, 4.69) is 25.1 Å². The first-order chi connectivity index (χ1) is 23.9. The van der Waals surface area contributed by atoms with Crippen LogP contribution < -0.4 is 21.8 Å². The van der Waals surface area contributed by atoms with Crippen LogP contribution in [0.4, 0.5) is 32.4 Å². The van der Waals surface area contributed by atoms with Crippen molar-refractivity contribution in [3.05, 3.63) is 70.8 Å². The number of carbonyl (C=O) groups is 2. The van der Waals surface area contributed by atoms with Crippen LogP contribution in [-0.2, 0) is 15.1 Å². The van der Waals surface area contributed by atoms with Gasteiger partial charge in [-0.3, -0.25) is 14.7 Å². The molecule has 1 aromatic heterocycles. The van der Waals surface area contributed by atoms with Gasteiger partial charge in [-0.1, -0.05) is 50.6 Å². The molecule has 1 aliphatic heterocycles. The predicted molar refractivity (Wildman–Crippen MR) is 177 cm³/mol. The average molecular weight is 738 g/mol. The largest absolute Gasteiger partial charge is 0.447 e. The predicted octanol–water partition coefficient (Wildman–Crippen LogP) is 3.94. The van der Waals surface area contributed by atoms with Gasteiger partial charge < -0.3 is 21.5 Å². The highest BCUT2D eigenvalue weighted by molar-refractivity contribution is 6.32. The molecule has 272 valence electrons. The molecule has 1 saturated carbocycles. The van der Waals surface area contributed by atoms with E-state index in [9.17, 15) is 31.5 Å². The Morgan fingerprint density at radius 3 is 2.45 bits per heavy atom. The average Bonchev–Trinajstić information content (AvgIpc) is 3.59. The van der Waals surface area contributed by atoms with Crippen LogP contribution in [0.5, 0.6) is 0 Å². The summed E-state index contributed by atoms with van der Waals surface area (Å²) in [6.07, 6.45) is -6.19. The summed E-state index contributed by atoms with van der Waals surface area (Å²) in [5.41, 5.74) is 8.33. The van der Waals surface area contributed by atoms with Crippen LogP contribution in [0.2, 0.25) is 5.02 Å². The third kappa shape index (κ3) is 7.64. The fourth-order valence-electron chi connectivity index (χ4n) is 5.85. The van der Waals surface area contributed by atoms with Crippen molar-refractivity contribution in [2.75, 3.05) is 6.61 Å². The molecule has 3 aromatic rings. The van der Waals surface area contributed by atoms with Gasteiger partial charge in [0.2, 0.25) is 6.34 Å². The highest BCUT2D eigenvalue weighted by Gasteiger charge is 2.64. The summed E-state index contributed by atoms with van der Waals surface area (Å²) in [4.78, 5) is 43.8. The Labute approximate surface area is 293 Å². The first kappa shape index (κ1) is 37.1. The van der Waals surface area contributed by atoms with Gasteiger partial charge in [-0.25, -0.2) is 28.2 Å². The molecule has 0 saturated heterocycles. The number of carbonyl (C=O) groups excluding carboxylic acids is 2. The van der Waals surface area contributed by atoms with E-state index in [0.717, 1.165) is 15.9 Å². The Hall–Kier alpha value is -5.13. The van der Waals surface area contributed by atoms with Crippen molar-refractivity contribution >= 4 is 47.9 Å². The Kier molecular flexibility index (Phi) is 10.1. The monoisotopic (exact) mass is 737 g/mol. The van der Waals surface area contributed by atoms with Crippen molar-refractivity contribution < 1.29 is 41.3 Å². The number of nitrogens with zero attached hydrogens (tertiary/aromatic N) is 6. The summed E-state index contributed by atoms with van der Waals surface area (Å²) in [7, 11) is 0. The van der Waals surface area contributed by atoms with Crippen molar-refractivity contribution in [1.29, 1.82) is 0 Å². The van der Waals surface area contributed by atoms with Crippen LogP contribution in [0.25, 0.3) is 5.69 Å². The first-order valence-electron chi connectivity index (χ1n) is 15.5. The SMILES string of the molecule is CC(C)(C)C[C@]1(c2ccc(N=C[NH+]=CN)cc2)N=C(N)N([C@H](COC(=O)NC2(C(F)(F)F)CC2)c2ccc(Cl)c(-n3ncnc3C(F)F)c2)C1=O. The molecule has 51 heavy (non-hydrogen) atoms.